The van der Waals surface area contributed by atoms with Gasteiger partial charge >= 0.3 is 0 Å². The molecule has 0 amide bonds. The molecule has 1 fully saturated rings. The van der Waals surface area contributed by atoms with E-state index in [1.165, 1.54) is 6.08 Å². The molecule has 0 saturated heterocycles. The average Bonchev–Trinajstić information content (AvgIpc) is 1.95. The fourth-order valence-electron chi connectivity index (χ4n) is 1.23. The standard InChI is InChI=1S/C7H10N2O2/c8-5-1-2-6(9-4-10)7(11)3-5/h5-6H,1-3,8H2. The van der Waals surface area contributed by atoms with Gasteiger partial charge in [-0.3, -0.25) is 4.79 Å². The van der Waals surface area contributed by atoms with E-state index in [4.69, 9.17) is 5.73 Å². The molecule has 2 N–H and O–H groups in total. The van der Waals surface area contributed by atoms with E-state index in [-0.39, 0.29) is 11.8 Å². The van der Waals surface area contributed by atoms with Crippen LogP contribution in [0.25, 0.3) is 0 Å². The number of ketones is 1. The van der Waals surface area contributed by atoms with Gasteiger partial charge in [0.25, 0.3) is 0 Å². The lowest BCUT2D eigenvalue weighted by molar-refractivity contribution is -0.121. The fourth-order valence-corrected chi connectivity index (χ4v) is 1.23. The van der Waals surface area contributed by atoms with Gasteiger partial charge in [-0.1, -0.05) is 0 Å². The highest BCUT2D eigenvalue weighted by Gasteiger charge is 2.25. The average molecular weight is 154 g/mol. The van der Waals surface area contributed by atoms with Gasteiger partial charge in [-0.15, -0.1) is 0 Å². The van der Waals surface area contributed by atoms with Crippen LogP contribution in [0.1, 0.15) is 19.3 Å². The molecule has 4 heteroatoms. The Bertz CT molecular complexity index is 208. The van der Waals surface area contributed by atoms with Gasteiger partial charge in [-0.25, -0.2) is 4.79 Å². The van der Waals surface area contributed by atoms with Crippen LogP contribution in [0.2, 0.25) is 0 Å². The number of carbonyl (C=O) groups is 1. The first-order valence-corrected chi connectivity index (χ1v) is 3.59. The molecule has 4 nitrogen and oxygen atoms in total. The van der Waals surface area contributed by atoms with E-state index >= 15 is 0 Å². The molecule has 0 aromatic heterocycles. The van der Waals surface area contributed by atoms with Gasteiger partial charge in [-0.05, 0) is 12.8 Å². The van der Waals surface area contributed by atoms with E-state index in [9.17, 15) is 9.59 Å². The minimum atomic E-state index is -0.465. The normalized spacial score (nSPS) is 31.2. The molecule has 2 atom stereocenters. The van der Waals surface area contributed by atoms with Crippen LogP contribution in [-0.4, -0.2) is 23.9 Å². The first-order chi connectivity index (χ1) is 5.24. The summed E-state index contributed by atoms with van der Waals surface area (Å²) >= 11 is 0. The number of Topliss-reactive ketones (excluding diaryl/α,β-unsaturated/α-hetero) is 1. The predicted octanol–water partition coefficient (Wildman–Crippen LogP) is -0.229. The number of isocyanates is 1. The van der Waals surface area contributed by atoms with Crippen LogP contribution in [0.5, 0.6) is 0 Å². The highest BCUT2D eigenvalue weighted by Crippen LogP contribution is 2.15. The second kappa shape index (κ2) is 3.42. The molecule has 1 aliphatic carbocycles. The molecule has 0 aromatic rings. The van der Waals surface area contributed by atoms with Gasteiger partial charge in [0.2, 0.25) is 6.08 Å². The third-order valence-electron chi connectivity index (χ3n) is 1.85. The number of hydrogen-bond acceptors (Lipinski definition) is 4. The Kier molecular flexibility index (Phi) is 2.52. The zero-order chi connectivity index (χ0) is 8.27. The van der Waals surface area contributed by atoms with E-state index in [0.29, 0.717) is 12.8 Å². The lowest BCUT2D eigenvalue weighted by Crippen LogP contribution is -2.35. The Morgan fingerprint density at radius 2 is 2.27 bits per heavy atom. The van der Waals surface area contributed by atoms with Crippen LogP contribution >= 0.6 is 0 Å². The Balaban J connectivity index is 2.57. The highest BCUT2D eigenvalue weighted by atomic mass is 16.1. The third-order valence-corrected chi connectivity index (χ3v) is 1.85. The van der Waals surface area contributed by atoms with E-state index in [2.05, 4.69) is 4.99 Å². The lowest BCUT2D eigenvalue weighted by atomic mass is 9.91. The SMILES string of the molecule is NC1CCC(N=C=O)C(=O)C1. The number of nitrogens with zero attached hydrogens (tertiary/aromatic N) is 1. The molecule has 0 heterocycles. The van der Waals surface area contributed by atoms with Crippen molar-refractivity contribution in [1.29, 1.82) is 0 Å². The van der Waals surface area contributed by atoms with Crippen molar-refractivity contribution in [3.8, 4) is 0 Å². The molecule has 1 rings (SSSR count). The second-order valence-corrected chi connectivity index (χ2v) is 2.74. The van der Waals surface area contributed by atoms with Crippen LogP contribution in [0.15, 0.2) is 4.99 Å². The van der Waals surface area contributed by atoms with Crippen molar-refractivity contribution in [3.05, 3.63) is 0 Å². The van der Waals surface area contributed by atoms with Crippen molar-refractivity contribution in [3.63, 3.8) is 0 Å². The van der Waals surface area contributed by atoms with Gasteiger partial charge in [0.05, 0.1) is 0 Å². The molecular formula is C7H10N2O2. The summed E-state index contributed by atoms with van der Waals surface area (Å²) in [5.74, 6) is -0.0351. The van der Waals surface area contributed by atoms with Crippen molar-refractivity contribution >= 4 is 11.9 Å². The fraction of sp³-hybridized carbons (Fsp3) is 0.714. The number of carbonyl (C=O) groups excluding carboxylic acids is 2. The van der Waals surface area contributed by atoms with Crippen molar-refractivity contribution in [2.45, 2.75) is 31.3 Å². The minimum absolute atomic E-state index is 0.0351. The Morgan fingerprint density at radius 1 is 1.55 bits per heavy atom. The summed E-state index contributed by atoms with van der Waals surface area (Å²) in [5.41, 5.74) is 5.52. The van der Waals surface area contributed by atoms with Crippen LogP contribution in [-0.2, 0) is 9.59 Å². The van der Waals surface area contributed by atoms with Gasteiger partial charge < -0.3 is 5.73 Å². The molecule has 1 saturated carbocycles. The molecule has 11 heavy (non-hydrogen) atoms. The maximum absolute atomic E-state index is 11.0. The minimum Gasteiger partial charge on any atom is -0.327 e. The third kappa shape index (κ3) is 1.97. The maximum Gasteiger partial charge on any atom is 0.235 e. The number of aliphatic imine (C=N–C) groups is 1. The molecule has 0 radical (unpaired) electrons. The molecule has 2 unspecified atom stereocenters. The van der Waals surface area contributed by atoms with Crippen LogP contribution in [0, 0.1) is 0 Å². The largest absolute Gasteiger partial charge is 0.327 e. The first-order valence-electron chi connectivity index (χ1n) is 3.59. The topological polar surface area (TPSA) is 72.5 Å². The molecule has 0 aliphatic heterocycles. The zero-order valence-electron chi connectivity index (χ0n) is 6.12. The summed E-state index contributed by atoms with van der Waals surface area (Å²) in [5, 5.41) is 0. The molecule has 0 spiro atoms. The summed E-state index contributed by atoms with van der Waals surface area (Å²) in [6.45, 7) is 0. The summed E-state index contributed by atoms with van der Waals surface area (Å²) in [7, 11) is 0. The molecule has 0 bridgehead atoms. The van der Waals surface area contributed by atoms with Crippen LogP contribution in [0.3, 0.4) is 0 Å². The Hall–Kier alpha value is -0.990. The predicted molar refractivity (Wildman–Crippen MR) is 38.7 cm³/mol. The monoisotopic (exact) mass is 154 g/mol. The summed E-state index contributed by atoms with van der Waals surface area (Å²) in [4.78, 5) is 24.3. The second-order valence-electron chi connectivity index (χ2n) is 2.74. The van der Waals surface area contributed by atoms with E-state index in [1.54, 1.807) is 0 Å². The van der Waals surface area contributed by atoms with Crippen molar-refractivity contribution in [2.24, 2.45) is 10.7 Å². The molecule has 60 valence electrons. The summed E-state index contributed by atoms with van der Waals surface area (Å²) < 4.78 is 0. The lowest BCUT2D eigenvalue weighted by Gasteiger charge is -2.20. The maximum atomic E-state index is 11.0. The van der Waals surface area contributed by atoms with E-state index in [1.807, 2.05) is 0 Å². The van der Waals surface area contributed by atoms with Crippen LogP contribution < -0.4 is 5.73 Å². The van der Waals surface area contributed by atoms with Crippen LogP contribution in [0.4, 0.5) is 0 Å². The molecule has 1 aliphatic rings. The summed E-state index contributed by atoms with van der Waals surface area (Å²) in [6, 6.07) is -0.507. The Morgan fingerprint density at radius 3 is 2.82 bits per heavy atom. The molecular weight excluding hydrogens is 144 g/mol. The highest BCUT2D eigenvalue weighted by molar-refractivity contribution is 5.86. The number of hydrogen-bond donors (Lipinski definition) is 1. The van der Waals surface area contributed by atoms with Gasteiger partial charge in [0, 0.05) is 12.5 Å². The number of nitrogens with two attached hydrogens (primary N) is 1. The first kappa shape index (κ1) is 8.11. The van der Waals surface area contributed by atoms with Crippen molar-refractivity contribution in [1.82, 2.24) is 0 Å². The zero-order valence-corrected chi connectivity index (χ0v) is 6.12. The van der Waals surface area contributed by atoms with Crippen molar-refractivity contribution < 1.29 is 9.59 Å². The van der Waals surface area contributed by atoms with Gasteiger partial charge in [0.1, 0.15) is 6.04 Å². The smallest absolute Gasteiger partial charge is 0.235 e. The van der Waals surface area contributed by atoms with Gasteiger partial charge in [-0.2, -0.15) is 4.99 Å². The summed E-state index contributed by atoms with van der Waals surface area (Å²) in [6.07, 6.45) is 3.10. The van der Waals surface area contributed by atoms with E-state index in [0.717, 1.165) is 6.42 Å². The van der Waals surface area contributed by atoms with Crippen molar-refractivity contribution in [2.75, 3.05) is 0 Å². The Labute approximate surface area is 64.5 Å². The van der Waals surface area contributed by atoms with Gasteiger partial charge in [0.15, 0.2) is 5.78 Å². The quantitative estimate of drug-likeness (QED) is 0.419. The molecule has 0 aromatic carbocycles. The number of rotatable bonds is 1. The van der Waals surface area contributed by atoms with E-state index < -0.39 is 6.04 Å².